The molecule has 0 saturated carbocycles. The first-order valence-electron chi connectivity index (χ1n) is 5.77. The molecule has 0 aromatic heterocycles. The lowest BCUT2D eigenvalue weighted by molar-refractivity contribution is -0.138. The molecule has 0 aliphatic heterocycles. The van der Waals surface area contributed by atoms with Gasteiger partial charge in [-0.15, -0.1) is 0 Å². The molecule has 0 aliphatic rings. The molecule has 0 fully saturated rings. The number of hydrogen-bond acceptors (Lipinski definition) is 4. The normalized spacial score (nSPS) is 15.7. The van der Waals surface area contributed by atoms with Crippen LogP contribution in [0.2, 0.25) is 0 Å². The van der Waals surface area contributed by atoms with Crippen LogP contribution >= 0.6 is 0 Å². The number of halogens is 1. The first kappa shape index (κ1) is 15.6. The van der Waals surface area contributed by atoms with Crippen molar-refractivity contribution in [1.29, 1.82) is 4.78 Å². The van der Waals surface area contributed by atoms with Gasteiger partial charge in [0.1, 0.15) is 11.9 Å². The van der Waals surface area contributed by atoms with E-state index in [-0.39, 0.29) is 23.7 Å². The number of hydrogen-bond donors (Lipinski definition) is 3. The standard InChI is InChI=1S/C12H17FN2O3S/c13-10-3-1-2-9(8-10)4-6-19(15,18)7-5-11(14)12(16)17/h1-3,8,11,15H,4-7,14H2,(H,16,17)/t11-,19?/m0/s1. The average molecular weight is 288 g/mol. The maximum absolute atomic E-state index is 12.9. The first-order valence-corrected chi connectivity index (χ1v) is 7.67. The van der Waals surface area contributed by atoms with Gasteiger partial charge in [0, 0.05) is 21.2 Å². The van der Waals surface area contributed by atoms with Crippen LogP contribution in [0.5, 0.6) is 0 Å². The van der Waals surface area contributed by atoms with Gasteiger partial charge < -0.3 is 10.8 Å². The highest BCUT2D eigenvalue weighted by Crippen LogP contribution is 2.07. The predicted molar refractivity (Wildman–Crippen MR) is 70.9 cm³/mol. The van der Waals surface area contributed by atoms with E-state index in [0.29, 0.717) is 12.0 Å². The van der Waals surface area contributed by atoms with Gasteiger partial charge in [-0.2, -0.15) is 0 Å². The number of carboxylic acids is 1. The Balaban J connectivity index is 2.49. The molecule has 5 nitrogen and oxygen atoms in total. The van der Waals surface area contributed by atoms with Gasteiger partial charge in [0.2, 0.25) is 0 Å². The third kappa shape index (κ3) is 5.80. The van der Waals surface area contributed by atoms with Crippen molar-refractivity contribution in [2.75, 3.05) is 11.5 Å². The second-order valence-electron chi connectivity index (χ2n) is 4.33. The van der Waals surface area contributed by atoms with Crippen LogP contribution in [0.25, 0.3) is 0 Å². The van der Waals surface area contributed by atoms with Gasteiger partial charge in [-0.25, -0.2) is 8.60 Å². The van der Waals surface area contributed by atoms with Crippen LogP contribution in [0.4, 0.5) is 4.39 Å². The number of aryl methyl sites for hydroxylation is 1. The molecule has 19 heavy (non-hydrogen) atoms. The molecule has 1 aromatic carbocycles. The van der Waals surface area contributed by atoms with Crippen molar-refractivity contribution in [2.24, 2.45) is 5.73 Å². The van der Waals surface area contributed by atoms with Crippen LogP contribution in [-0.4, -0.2) is 32.8 Å². The number of aliphatic carboxylic acids is 1. The second kappa shape index (κ2) is 6.63. The molecule has 1 aromatic rings. The van der Waals surface area contributed by atoms with Crippen molar-refractivity contribution in [3.63, 3.8) is 0 Å². The van der Waals surface area contributed by atoms with E-state index in [2.05, 4.69) is 0 Å². The fourth-order valence-corrected chi connectivity index (χ4v) is 2.92. The zero-order valence-corrected chi connectivity index (χ0v) is 11.2. The van der Waals surface area contributed by atoms with E-state index in [1.165, 1.54) is 12.1 Å². The maximum Gasteiger partial charge on any atom is 0.320 e. The lowest BCUT2D eigenvalue weighted by atomic mass is 10.2. The molecule has 0 radical (unpaired) electrons. The van der Waals surface area contributed by atoms with E-state index in [1.54, 1.807) is 12.1 Å². The van der Waals surface area contributed by atoms with Crippen molar-refractivity contribution < 1.29 is 18.5 Å². The Labute approximate surface area is 111 Å². The third-order valence-corrected chi connectivity index (χ3v) is 4.44. The fraction of sp³-hybridized carbons (Fsp3) is 0.417. The summed E-state index contributed by atoms with van der Waals surface area (Å²) >= 11 is 0. The summed E-state index contributed by atoms with van der Waals surface area (Å²) in [6.45, 7) is 0. The summed E-state index contributed by atoms with van der Waals surface area (Å²) in [6, 6.07) is 4.80. The highest BCUT2D eigenvalue weighted by atomic mass is 32.2. The Kier molecular flexibility index (Phi) is 5.44. The molecule has 2 atom stereocenters. The van der Waals surface area contributed by atoms with Gasteiger partial charge in [-0.3, -0.25) is 9.57 Å². The topological polar surface area (TPSA) is 104 Å². The largest absolute Gasteiger partial charge is 0.480 e. The summed E-state index contributed by atoms with van der Waals surface area (Å²) < 4.78 is 32.5. The number of carbonyl (C=O) groups is 1. The molecule has 0 bridgehead atoms. The van der Waals surface area contributed by atoms with Gasteiger partial charge in [-0.05, 0) is 30.5 Å². The summed E-state index contributed by atoms with van der Waals surface area (Å²) in [6.07, 6.45) is 0.323. The molecular weight excluding hydrogens is 271 g/mol. The van der Waals surface area contributed by atoms with Crippen LogP contribution in [0.3, 0.4) is 0 Å². The average Bonchev–Trinajstić information content (AvgIpc) is 2.34. The summed E-state index contributed by atoms with van der Waals surface area (Å²) in [5.74, 6) is -1.53. The van der Waals surface area contributed by atoms with Gasteiger partial charge in [0.05, 0.1) is 0 Å². The molecule has 0 aliphatic carbocycles. The Morgan fingerprint density at radius 3 is 2.74 bits per heavy atom. The van der Waals surface area contributed by atoms with Crippen LogP contribution < -0.4 is 5.73 Å². The molecule has 106 valence electrons. The quantitative estimate of drug-likeness (QED) is 0.701. The molecule has 4 N–H and O–H groups in total. The Morgan fingerprint density at radius 2 is 2.16 bits per heavy atom. The van der Waals surface area contributed by atoms with Crippen molar-refractivity contribution in [1.82, 2.24) is 0 Å². The van der Waals surface area contributed by atoms with E-state index in [1.807, 2.05) is 0 Å². The summed E-state index contributed by atoms with van der Waals surface area (Å²) in [5.41, 5.74) is 5.96. The first-order chi connectivity index (χ1) is 8.80. The SMILES string of the molecule is N=S(=O)(CCc1cccc(F)c1)CC[C@H](N)C(=O)O. The molecule has 0 heterocycles. The van der Waals surface area contributed by atoms with Crippen LogP contribution in [0.1, 0.15) is 12.0 Å². The zero-order valence-electron chi connectivity index (χ0n) is 10.3. The molecular formula is C12H17FN2O3S. The number of rotatable bonds is 7. The lowest BCUT2D eigenvalue weighted by Gasteiger charge is -2.10. The van der Waals surface area contributed by atoms with Crippen molar-refractivity contribution in [3.05, 3.63) is 35.6 Å². The number of benzene rings is 1. The Morgan fingerprint density at radius 1 is 1.47 bits per heavy atom. The second-order valence-corrected chi connectivity index (χ2v) is 6.77. The summed E-state index contributed by atoms with van der Waals surface area (Å²) in [4.78, 5) is 10.5. The molecule has 0 spiro atoms. The number of carboxylic acid groups (broad SMARTS) is 1. The smallest absolute Gasteiger partial charge is 0.320 e. The van der Waals surface area contributed by atoms with E-state index in [0.717, 1.165) is 0 Å². The maximum atomic E-state index is 12.9. The summed E-state index contributed by atoms with van der Waals surface area (Å²) in [5, 5.41) is 8.60. The minimum absolute atomic E-state index is 0.000811. The Hall–Kier alpha value is -1.47. The molecule has 1 rings (SSSR count). The number of nitrogens with two attached hydrogens (primary N) is 1. The lowest BCUT2D eigenvalue weighted by Crippen LogP contribution is -2.32. The van der Waals surface area contributed by atoms with Crippen LogP contribution in [0.15, 0.2) is 24.3 Å². The van der Waals surface area contributed by atoms with Crippen molar-refractivity contribution in [2.45, 2.75) is 18.9 Å². The van der Waals surface area contributed by atoms with E-state index < -0.39 is 21.7 Å². The van der Waals surface area contributed by atoms with Gasteiger partial charge >= 0.3 is 5.97 Å². The van der Waals surface area contributed by atoms with Crippen LogP contribution in [-0.2, 0) is 20.9 Å². The third-order valence-electron chi connectivity index (χ3n) is 2.69. The van der Waals surface area contributed by atoms with Gasteiger partial charge in [-0.1, -0.05) is 12.1 Å². The van der Waals surface area contributed by atoms with Gasteiger partial charge in [0.15, 0.2) is 0 Å². The minimum Gasteiger partial charge on any atom is -0.480 e. The molecule has 7 heteroatoms. The minimum atomic E-state index is -2.89. The zero-order chi connectivity index (χ0) is 14.5. The van der Waals surface area contributed by atoms with E-state index >= 15 is 0 Å². The van der Waals surface area contributed by atoms with Gasteiger partial charge in [0.25, 0.3) is 0 Å². The predicted octanol–water partition coefficient (Wildman–Crippen LogP) is 1.22. The van der Waals surface area contributed by atoms with Crippen molar-refractivity contribution in [3.8, 4) is 0 Å². The number of nitrogens with one attached hydrogen (secondary N) is 1. The monoisotopic (exact) mass is 288 g/mol. The molecule has 0 saturated heterocycles. The van der Waals surface area contributed by atoms with Crippen LogP contribution in [0, 0.1) is 10.6 Å². The molecule has 0 amide bonds. The highest BCUT2D eigenvalue weighted by molar-refractivity contribution is 7.92. The van der Waals surface area contributed by atoms with E-state index in [4.69, 9.17) is 15.6 Å². The van der Waals surface area contributed by atoms with Crippen molar-refractivity contribution >= 4 is 15.7 Å². The van der Waals surface area contributed by atoms with E-state index in [9.17, 15) is 13.4 Å². The molecule has 1 unspecified atom stereocenters. The Bertz CT molecular complexity index is 546. The fourth-order valence-electron chi connectivity index (χ4n) is 1.52. The highest BCUT2D eigenvalue weighted by Gasteiger charge is 2.15. The summed E-state index contributed by atoms with van der Waals surface area (Å²) in [7, 11) is -2.89.